The third kappa shape index (κ3) is 4.36. The lowest BCUT2D eigenvalue weighted by molar-refractivity contribution is -0.117. The van der Waals surface area contributed by atoms with Crippen LogP contribution in [0.4, 0.5) is 5.69 Å². The second-order valence-electron chi connectivity index (χ2n) is 7.16. The normalized spacial score (nSPS) is 11.8. The molecule has 4 aromatic rings. The topological polar surface area (TPSA) is 63.9 Å². The highest BCUT2D eigenvalue weighted by Crippen LogP contribution is 2.32. The first-order valence-electron chi connectivity index (χ1n) is 9.97. The highest BCUT2D eigenvalue weighted by molar-refractivity contribution is 8.00. The SMILES string of the molecule is Cc1ccccc1-n1c(S[C@@H](C)C(=O)N(C)c2ccccc2)nnc1-c1ccncc1. The summed E-state index contributed by atoms with van der Waals surface area (Å²) in [7, 11) is 1.79. The van der Waals surface area contributed by atoms with E-state index in [1.54, 1.807) is 24.3 Å². The number of hydrogen-bond donors (Lipinski definition) is 0. The molecule has 0 spiro atoms. The fourth-order valence-electron chi connectivity index (χ4n) is 3.33. The smallest absolute Gasteiger partial charge is 0.240 e. The van der Waals surface area contributed by atoms with Gasteiger partial charge in [0.2, 0.25) is 5.91 Å². The van der Waals surface area contributed by atoms with Crippen LogP contribution < -0.4 is 4.90 Å². The average Bonchev–Trinajstić information content (AvgIpc) is 3.22. The largest absolute Gasteiger partial charge is 0.315 e. The van der Waals surface area contributed by atoms with Crippen LogP contribution >= 0.6 is 11.8 Å². The molecule has 1 atom stereocenters. The minimum Gasteiger partial charge on any atom is -0.315 e. The predicted octanol–water partition coefficient (Wildman–Crippen LogP) is 4.78. The van der Waals surface area contributed by atoms with Crippen molar-refractivity contribution in [1.29, 1.82) is 0 Å². The fraction of sp³-hybridized carbons (Fsp3) is 0.167. The van der Waals surface area contributed by atoms with Gasteiger partial charge in [-0.05, 0) is 49.7 Å². The number of pyridine rings is 1. The van der Waals surface area contributed by atoms with E-state index in [1.807, 2.05) is 72.2 Å². The van der Waals surface area contributed by atoms with Crippen LogP contribution in [0.1, 0.15) is 12.5 Å². The Bertz CT molecular complexity index is 1180. The summed E-state index contributed by atoms with van der Waals surface area (Å²) < 4.78 is 2.02. The van der Waals surface area contributed by atoms with Crippen LogP contribution in [0.5, 0.6) is 0 Å². The van der Waals surface area contributed by atoms with Crippen LogP contribution in [0.15, 0.2) is 84.3 Å². The number of amides is 1. The van der Waals surface area contributed by atoms with Gasteiger partial charge in [-0.25, -0.2) is 0 Å². The number of benzene rings is 2. The summed E-state index contributed by atoms with van der Waals surface area (Å²) >= 11 is 1.40. The molecule has 6 nitrogen and oxygen atoms in total. The molecule has 7 heteroatoms. The van der Waals surface area contributed by atoms with Gasteiger partial charge < -0.3 is 4.90 Å². The zero-order valence-corrected chi connectivity index (χ0v) is 18.5. The first kappa shape index (κ1) is 20.8. The molecule has 0 N–H and O–H groups in total. The predicted molar refractivity (Wildman–Crippen MR) is 124 cm³/mol. The Kier molecular flexibility index (Phi) is 6.13. The number of carbonyl (C=O) groups is 1. The molecule has 1 amide bonds. The zero-order valence-electron chi connectivity index (χ0n) is 17.6. The molecule has 0 aliphatic carbocycles. The maximum atomic E-state index is 13.1. The van der Waals surface area contributed by atoms with Crippen molar-refractivity contribution >= 4 is 23.4 Å². The van der Waals surface area contributed by atoms with Gasteiger partial charge in [-0.15, -0.1) is 10.2 Å². The van der Waals surface area contributed by atoms with Crippen molar-refractivity contribution < 1.29 is 4.79 Å². The minimum absolute atomic E-state index is 0.000921. The Balaban J connectivity index is 1.69. The summed E-state index contributed by atoms with van der Waals surface area (Å²) in [5.74, 6) is 0.719. The molecule has 156 valence electrons. The molecule has 0 aliphatic rings. The van der Waals surface area contributed by atoms with E-state index in [0.29, 0.717) is 5.16 Å². The number of anilines is 1. The number of aryl methyl sites for hydroxylation is 1. The van der Waals surface area contributed by atoms with Gasteiger partial charge in [-0.1, -0.05) is 48.2 Å². The lowest BCUT2D eigenvalue weighted by Gasteiger charge is -2.21. The summed E-state index contributed by atoms with van der Waals surface area (Å²) in [6.45, 7) is 3.95. The quantitative estimate of drug-likeness (QED) is 0.413. The summed E-state index contributed by atoms with van der Waals surface area (Å²) in [5, 5.41) is 9.23. The van der Waals surface area contributed by atoms with Gasteiger partial charge in [-0.2, -0.15) is 0 Å². The summed E-state index contributed by atoms with van der Waals surface area (Å²) in [6, 6.07) is 21.5. The highest BCUT2D eigenvalue weighted by Gasteiger charge is 2.25. The molecule has 0 saturated carbocycles. The van der Waals surface area contributed by atoms with Gasteiger partial charge in [0.05, 0.1) is 10.9 Å². The third-order valence-corrected chi connectivity index (χ3v) is 6.06. The Morgan fingerprint density at radius 1 is 0.968 bits per heavy atom. The molecule has 0 bridgehead atoms. The Hall–Kier alpha value is -3.45. The third-order valence-electron chi connectivity index (χ3n) is 5.03. The highest BCUT2D eigenvalue weighted by atomic mass is 32.2. The van der Waals surface area contributed by atoms with Gasteiger partial charge in [0.15, 0.2) is 11.0 Å². The number of rotatable bonds is 6. The number of nitrogens with zero attached hydrogens (tertiary/aromatic N) is 5. The fourth-order valence-corrected chi connectivity index (χ4v) is 4.28. The average molecular weight is 430 g/mol. The molecule has 0 radical (unpaired) electrons. The standard InChI is InChI=1S/C24H23N5OS/c1-17-9-7-8-12-21(17)29-22(19-13-15-25-16-14-19)26-27-24(29)31-18(2)23(30)28(3)20-10-5-4-6-11-20/h4-16,18H,1-3H3/t18-/m0/s1. The van der Waals surface area contributed by atoms with Gasteiger partial charge in [0.25, 0.3) is 0 Å². The molecule has 0 aliphatic heterocycles. The van der Waals surface area contributed by atoms with Crippen LogP contribution in [0.2, 0.25) is 0 Å². The van der Waals surface area contributed by atoms with E-state index >= 15 is 0 Å². The molecule has 2 aromatic heterocycles. The Labute approximate surface area is 186 Å². The van der Waals surface area contributed by atoms with Crippen LogP contribution in [-0.2, 0) is 4.79 Å². The van der Waals surface area contributed by atoms with Gasteiger partial charge in [0.1, 0.15) is 0 Å². The van der Waals surface area contributed by atoms with Crippen molar-refractivity contribution in [2.45, 2.75) is 24.3 Å². The van der Waals surface area contributed by atoms with E-state index in [2.05, 4.69) is 28.2 Å². The zero-order chi connectivity index (χ0) is 21.8. The van der Waals surface area contributed by atoms with Gasteiger partial charge >= 0.3 is 0 Å². The van der Waals surface area contributed by atoms with E-state index in [4.69, 9.17) is 0 Å². The van der Waals surface area contributed by atoms with Gasteiger partial charge in [-0.3, -0.25) is 14.3 Å². The Morgan fingerprint density at radius 2 is 1.65 bits per heavy atom. The summed E-state index contributed by atoms with van der Waals surface area (Å²) in [4.78, 5) is 18.9. The molecular weight excluding hydrogens is 406 g/mol. The maximum Gasteiger partial charge on any atom is 0.240 e. The molecule has 2 aromatic carbocycles. The summed E-state index contributed by atoms with van der Waals surface area (Å²) in [6.07, 6.45) is 3.47. The van der Waals surface area contributed by atoms with Crippen LogP contribution in [-0.4, -0.2) is 38.0 Å². The number of thioether (sulfide) groups is 1. The maximum absolute atomic E-state index is 13.1. The lowest BCUT2D eigenvalue weighted by atomic mass is 10.2. The van der Waals surface area contributed by atoms with E-state index in [9.17, 15) is 4.79 Å². The van der Waals surface area contributed by atoms with Crippen LogP contribution in [0.3, 0.4) is 0 Å². The second-order valence-corrected chi connectivity index (χ2v) is 8.46. The second kappa shape index (κ2) is 9.14. The van der Waals surface area contributed by atoms with Crippen LogP contribution in [0.25, 0.3) is 17.1 Å². The van der Waals surface area contributed by atoms with E-state index in [0.717, 1.165) is 28.3 Å². The van der Waals surface area contributed by atoms with Crippen molar-refractivity contribution in [1.82, 2.24) is 19.7 Å². The number of hydrogen-bond acceptors (Lipinski definition) is 5. The molecule has 0 unspecified atom stereocenters. The number of carbonyl (C=O) groups excluding carboxylic acids is 1. The van der Waals surface area contributed by atoms with Crippen LogP contribution in [0, 0.1) is 6.92 Å². The monoisotopic (exact) mass is 429 g/mol. The first-order chi connectivity index (χ1) is 15.1. The lowest BCUT2D eigenvalue weighted by Crippen LogP contribution is -2.33. The van der Waals surface area contributed by atoms with E-state index in [-0.39, 0.29) is 11.2 Å². The van der Waals surface area contributed by atoms with Crippen molar-refractivity contribution in [2.75, 3.05) is 11.9 Å². The minimum atomic E-state index is -0.345. The van der Waals surface area contributed by atoms with Crippen molar-refractivity contribution in [3.05, 3.63) is 84.7 Å². The molecular formula is C24H23N5OS. The molecule has 2 heterocycles. The van der Waals surface area contributed by atoms with Gasteiger partial charge in [0, 0.05) is 30.7 Å². The molecule has 0 saturated heterocycles. The summed E-state index contributed by atoms with van der Waals surface area (Å²) in [5.41, 5.74) is 3.86. The van der Waals surface area contributed by atoms with Crippen molar-refractivity contribution in [2.24, 2.45) is 0 Å². The molecule has 31 heavy (non-hydrogen) atoms. The van der Waals surface area contributed by atoms with Crippen molar-refractivity contribution in [3.8, 4) is 17.1 Å². The van der Waals surface area contributed by atoms with E-state index < -0.39 is 0 Å². The van der Waals surface area contributed by atoms with E-state index in [1.165, 1.54) is 11.8 Å². The molecule has 4 rings (SSSR count). The molecule has 0 fully saturated rings. The first-order valence-corrected chi connectivity index (χ1v) is 10.9. The number of para-hydroxylation sites is 2. The Morgan fingerprint density at radius 3 is 2.35 bits per heavy atom. The van der Waals surface area contributed by atoms with Crippen molar-refractivity contribution in [3.63, 3.8) is 0 Å². The number of aromatic nitrogens is 4.